The van der Waals surface area contributed by atoms with Crippen molar-refractivity contribution in [2.45, 2.75) is 19.9 Å². The number of fused-ring (bicyclic) bond motifs is 1. The van der Waals surface area contributed by atoms with E-state index < -0.39 is 5.97 Å². The fraction of sp³-hybridized carbons (Fsp3) is 0.545. The number of rotatable bonds is 2. The number of hydrogen-bond acceptors (Lipinski definition) is 3. The van der Waals surface area contributed by atoms with Gasteiger partial charge in [-0.05, 0) is 13.3 Å². The predicted molar refractivity (Wildman–Crippen MR) is 63.4 cm³/mol. The average Bonchev–Trinajstić information content (AvgIpc) is 2.67. The van der Waals surface area contributed by atoms with Crippen molar-refractivity contribution < 1.29 is 14.7 Å². The van der Waals surface area contributed by atoms with Gasteiger partial charge in [-0.25, -0.2) is 9.59 Å². The first-order valence-corrected chi connectivity index (χ1v) is 5.85. The topological polar surface area (TPSA) is 87.5 Å². The molecule has 0 aromatic carbocycles. The number of carboxylic acid groups (broad SMARTS) is 1. The number of carbonyl (C=O) groups excluding carboxylic acids is 1. The molecule has 0 saturated heterocycles. The van der Waals surface area contributed by atoms with Crippen LogP contribution in [0.15, 0.2) is 0 Å². The summed E-state index contributed by atoms with van der Waals surface area (Å²) in [6.45, 7) is 3.36. The summed E-state index contributed by atoms with van der Waals surface area (Å²) in [6.07, 6.45) is 0.530. The van der Waals surface area contributed by atoms with Crippen LogP contribution in [-0.4, -0.2) is 44.9 Å². The number of amides is 2. The normalized spacial score (nSPS) is 14.2. The molecule has 0 bridgehead atoms. The lowest BCUT2D eigenvalue weighted by atomic mass is 10.0. The first kappa shape index (κ1) is 12.4. The molecule has 1 aliphatic rings. The summed E-state index contributed by atoms with van der Waals surface area (Å²) in [7, 11) is 1.70. The van der Waals surface area contributed by atoms with Gasteiger partial charge in [0.2, 0.25) is 0 Å². The van der Waals surface area contributed by atoms with Crippen molar-refractivity contribution in [2.75, 3.05) is 13.1 Å². The molecule has 2 amide bonds. The van der Waals surface area contributed by atoms with E-state index in [9.17, 15) is 9.59 Å². The fourth-order valence-electron chi connectivity index (χ4n) is 2.18. The Labute approximate surface area is 104 Å². The Bertz CT molecular complexity index is 495. The van der Waals surface area contributed by atoms with E-state index in [-0.39, 0.29) is 11.7 Å². The van der Waals surface area contributed by atoms with Crippen LogP contribution in [0.25, 0.3) is 0 Å². The number of aryl methyl sites for hydroxylation is 1. The molecule has 98 valence electrons. The van der Waals surface area contributed by atoms with Gasteiger partial charge in [0.1, 0.15) is 0 Å². The Morgan fingerprint density at radius 1 is 1.50 bits per heavy atom. The molecule has 0 unspecified atom stereocenters. The van der Waals surface area contributed by atoms with E-state index in [1.54, 1.807) is 16.6 Å². The lowest BCUT2D eigenvalue weighted by Gasteiger charge is -2.27. The van der Waals surface area contributed by atoms with Gasteiger partial charge in [0, 0.05) is 25.7 Å². The fourth-order valence-corrected chi connectivity index (χ4v) is 2.18. The van der Waals surface area contributed by atoms with Gasteiger partial charge in [-0.1, -0.05) is 0 Å². The highest BCUT2D eigenvalue weighted by atomic mass is 16.4. The smallest absolute Gasteiger partial charge is 0.356 e. The molecule has 0 saturated carbocycles. The zero-order chi connectivity index (χ0) is 13.3. The van der Waals surface area contributed by atoms with Gasteiger partial charge in [-0.15, -0.1) is 0 Å². The highest BCUT2D eigenvalue weighted by molar-refractivity contribution is 5.87. The van der Waals surface area contributed by atoms with E-state index >= 15 is 0 Å². The Morgan fingerprint density at radius 3 is 2.83 bits per heavy atom. The first-order chi connectivity index (χ1) is 8.54. The molecule has 0 spiro atoms. The highest BCUT2D eigenvalue weighted by Gasteiger charge is 2.28. The van der Waals surface area contributed by atoms with Gasteiger partial charge < -0.3 is 15.3 Å². The van der Waals surface area contributed by atoms with Gasteiger partial charge in [0.15, 0.2) is 5.69 Å². The van der Waals surface area contributed by atoms with Crippen LogP contribution in [0, 0.1) is 0 Å². The number of carboxylic acids is 1. The van der Waals surface area contributed by atoms with Crippen LogP contribution in [0.1, 0.15) is 28.7 Å². The largest absolute Gasteiger partial charge is 0.476 e. The van der Waals surface area contributed by atoms with Crippen molar-refractivity contribution in [1.82, 2.24) is 20.0 Å². The second-order valence-corrected chi connectivity index (χ2v) is 4.21. The van der Waals surface area contributed by atoms with Crippen LogP contribution < -0.4 is 5.32 Å². The van der Waals surface area contributed by atoms with Crippen molar-refractivity contribution in [3.8, 4) is 0 Å². The molecule has 0 aliphatic carbocycles. The lowest BCUT2D eigenvalue weighted by Crippen LogP contribution is -2.43. The zero-order valence-electron chi connectivity index (χ0n) is 10.4. The summed E-state index contributed by atoms with van der Waals surface area (Å²) in [5.74, 6) is -1.02. The van der Waals surface area contributed by atoms with E-state index in [2.05, 4.69) is 10.4 Å². The molecule has 1 aromatic rings. The van der Waals surface area contributed by atoms with Crippen LogP contribution >= 0.6 is 0 Å². The third-order valence-electron chi connectivity index (χ3n) is 3.06. The van der Waals surface area contributed by atoms with Crippen molar-refractivity contribution in [3.05, 3.63) is 17.0 Å². The minimum atomic E-state index is -1.02. The number of carbonyl (C=O) groups is 2. The maximum atomic E-state index is 11.7. The molecule has 1 aliphatic heterocycles. The number of urea groups is 1. The molecule has 0 atom stereocenters. The van der Waals surface area contributed by atoms with E-state index in [1.807, 2.05) is 6.92 Å². The van der Waals surface area contributed by atoms with Crippen LogP contribution in [-0.2, 0) is 20.0 Å². The summed E-state index contributed by atoms with van der Waals surface area (Å²) < 4.78 is 1.55. The number of hydrogen-bond donors (Lipinski definition) is 2. The van der Waals surface area contributed by atoms with Crippen molar-refractivity contribution in [1.29, 1.82) is 0 Å². The second kappa shape index (κ2) is 4.67. The predicted octanol–water partition coefficient (Wildman–Crippen LogP) is 0.206. The molecule has 2 heterocycles. The zero-order valence-corrected chi connectivity index (χ0v) is 10.4. The Balaban J connectivity index is 2.25. The Kier molecular flexibility index (Phi) is 3.22. The Morgan fingerprint density at radius 2 is 2.22 bits per heavy atom. The standard InChI is InChI=1S/C11H16N4O3/c1-3-12-11(18)15-5-4-7-8(6-15)14(2)13-9(7)10(16)17/h3-6H2,1-2H3,(H,12,18)(H,16,17). The van der Waals surface area contributed by atoms with E-state index in [0.717, 1.165) is 11.3 Å². The summed E-state index contributed by atoms with van der Waals surface area (Å²) in [4.78, 5) is 24.4. The number of aromatic nitrogens is 2. The number of nitrogens with one attached hydrogen (secondary N) is 1. The number of nitrogens with zero attached hydrogens (tertiary/aromatic N) is 3. The molecule has 0 fully saturated rings. The molecule has 7 nitrogen and oxygen atoms in total. The third-order valence-corrected chi connectivity index (χ3v) is 3.06. The summed E-state index contributed by atoms with van der Waals surface area (Å²) in [6, 6.07) is -0.124. The van der Waals surface area contributed by atoms with E-state index in [1.165, 1.54) is 0 Å². The number of aromatic carboxylic acids is 1. The minimum absolute atomic E-state index is 0.100. The lowest BCUT2D eigenvalue weighted by molar-refractivity contribution is 0.0688. The molecule has 1 aromatic heterocycles. The SMILES string of the molecule is CCNC(=O)N1CCc2c(C(=O)O)nn(C)c2C1. The summed E-state index contributed by atoms with van der Waals surface area (Å²) in [5.41, 5.74) is 1.64. The van der Waals surface area contributed by atoms with Crippen LogP contribution in [0.4, 0.5) is 4.79 Å². The molecule has 18 heavy (non-hydrogen) atoms. The first-order valence-electron chi connectivity index (χ1n) is 5.85. The van der Waals surface area contributed by atoms with Gasteiger partial charge in [0.05, 0.1) is 12.2 Å². The molecule has 7 heteroatoms. The van der Waals surface area contributed by atoms with Gasteiger partial charge >= 0.3 is 12.0 Å². The molecule has 2 N–H and O–H groups in total. The summed E-state index contributed by atoms with van der Waals surface area (Å²) in [5, 5.41) is 15.8. The third kappa shape index (κ3) is 2.03. The van der Waals surface area contributed by atoms with Crippen LogP contribution in [0.3, 0.4) is 0 Å². The van der Waals surface area contributed by atoms with Gasteiger partial charge in [-0.2, -0.15) is 5.10 Å². The molecular weight excluding hydrogens is 236 g/mol. The minimum Gasteiger partial charge on any atom is -0.476 e. The maximum Gasteiger partial charge on any atom is 0.356 e. The summed E-state index contributed by atoms with van der Waals surface area (Å²) >= 11 is 0. The quantitative estimate of drug-likeness (QED) is 0.787. The molecular formula is C11H16N4O3. The van der Waals surface area contributed by atoms with E-state index in [0.29, 0.717) is 26.1 Å². The average molecular weight is 252 g/mol. The van der Waals surface area contributed by atoms with Gasteiger partial charge in [-0.3, -0.25) is 4.68 Å². The maximum absolute atomic E-state index is 11.7. The Hall–Kier alpha value is -2.05. The van der Waals surface area contributed by atoms with Crippen LogP contribution in [0.2, 0.25) is 0 Å². The van der Waals surface area contributed by atoms with Crippen molar-refractivity contribution in [2.24, 2.45) is 7.05 Å². The van der Waals surface area contributed by atoms with E-state index in [4.69, 9.17) is 5.11 Å². The van der Waals surface area contributed by atoms with Crippen molar-refractivity contribution in [3.63, 3.8) is 0 Å². The highest BCUT2D eigenvalue weighted by Crippen LogP contribution is 2.21. The monoisotopic (exact) mass is 252 g/mol. The van der Waals surface area contributed by atoms with Crippen molar-refractivity contribution >= 4 is 12.0 Å². The van der Waals surface area contributed by atoms with Gasteiger partial charge in [0.25, 0.3) is 0 Å². The van der Waals surface area contributed by atoms with Crippen LogP contribution in [0.5, 0.6) is 0 Å². The second-order valence-electron chi connectivity index (χ2n) is 4.21. The molecule has 0 radical (unpaired) electrons. The molecule has 2 rings (SSSR count).